The molecule has 6 nitrogen and oxygen atoms in total. The second kappa shape index (κ2) is 10.3. The van der Waals surface area contributed by atoms with Crippen molar-refractivity contribution in [3.05, 3.63) is 58.6 Å². The topological polar surface area (TPSA) is 70.2 Å². The predicted molar refractivity (Wildman–Crippen MR) is 134 cm³/mol. The average molecular weight is 496 g/mol. The van der Waals surface area contributed by atoms with Crippen LogP contribution >= 0.6 is 15.9 Å². The van der Waals surface area contributed by atoms with Crippen LogP contribution in [0.4, 0.5) is 11.8 Å². The van der Waals surface area contributed by atoms with Crippen molar-refractivity contribution in [2.75, 3.05) is 30.9 Å². The molecule has 0 aliphatic heterocycles. The largest absolute Gasteiger partial charge is 0.362 e. The summed E-state index contributed by atoms with van der Waals surface area (Å²) in [7, 11) is 4.02. The zero-order valence-electron chi connectivity index (χ0n) is 18.6. The Morgan fingerprint density at radius 2 is 1.75 bits per heavy atom. The number of halogens is 1. The summed E-state index contributed by atoms with van der Waals surface area (Å²) < 4.78 is 0.982. The van der Waals surface area contributed by atoms with Gasteiger partial charge in [0.1, 0.15) is 5.82 Å². The van der Waals surface area contributed by atoms with Gasteiger partial charge in [0, 0.05) is 36.5 Å². The Kier molecular flexibility index (Phi) is 7.25. The molecule has 0 atom stereocenters. The third-order valence-electron chi connectivity index (χ3n) is 6.08. The van der Waals surface area contributed by atoms with Crippen LogP contribution in [-0.4, -0.2) is 42.6 Å². The Balaban J connectivity index is 1.28. The number of nitrogens with zero attached hydrogens (tertiary/aromatic N) is 3. The molecule has 1 fully saturated rings. The van der Waals surface area contributed by atoms with E-state index in [1.807, 2.05) is 61.5 Å². The molecule has 0 unspecified atom stereocenters. The first-order valence-electron chi connectivity index (χ1n) is 11.2. The lowest BCUT2D eigenvalue weighted by Gasteiger charge is -2.29. The van der Waals surface area contributed by atoms with Gasteiger partial charge in [-0.15, -0.1) is 0 Å². The quantitative estimate of drug-likeness (QED) is 0.493. The molecule has 7 heteroatoms. The summed E-state index contributed by atoms with van der Waals surface area (Å²) in [5, 5.41) is 7.73. The summed E-state index contributed by atoms with van der Waals surface area (Å²) in [6.07, 6.45) is 4.69. The minimum Gasteiger partial charge on any atom is -0.362 e. The molecule has 1 saturated carbocycles. The zero-order chi connectivity index (χ0) is 22.5. The molecule has 2 N–H and O–H groups in total. The maximum atomic E-state index is 12.3. The molecule has 1 aliphatic carbocycles. The molecule has 1 heterocycles. The summed E-state index contributed by atoms with van der Waals surface area (Å²) in [6.45, 7) is 0.743. The standard InChI is InChI=1S/C25H30BrN5O/c1-31(2)24-20-8-4-6-10-22(20)29-25(30-24)28-19-13-11-17(12-14-19)16-27-23(32)15-18-7-3-5-9-21(18)26/h3-10,17,19H,11-16H2,1-2H3,(H,27,32)(H,28,29,30). The van der Waals surface area contributed by atoms with E-state index in [1.165, 1.54) is 0 Å². The van der Waals surface area contributed by atoms with Crippen molar-refractivity contribution in [3.8, 4) is 0 Å². The maximum Gasteiger partial charge on any atom is 0.225 e. The second-order valence-electron chi connectivity index (χ2n) is 8.72. The maximum absolute atomic E-state index is 12.3. The number of nitrogens with one attached hydrogen (secondary N) is 2. The molecular formula is C25H30BrN5O. The Hall–Kier alpha value is -2.67. The zero-order valence-corrected chi connectivity index (χ0v) is 20.2. The Bertz CT molecular complexity index is 1080. The van der Waals surface area contributed by atoms with Gasteiger partial charge in [-0.1, -0.05) is 46.3 Å². The highest BCUT2D eigenvalue weighted by Crippen LogP contribution is 2.28. The molecule has 1 aliphatic rings. The van der Waals surface area contributed by atoms with E-state index >= 15 is 0 Å². The third kappa shape index (κ3) is 5.57. The van der Waals surface area contributed by atoms with E-state index in [1.54, 1.807) is 0 Å². The lowest BCUT2D eigenvalue weighted by atomic mass is 9.86. The molecule has 2 aromatic carbocycles. The van der Waals surface area contributed by atoms with E-state index in [9.17, 15) is 4.79 Å². The van der Waals surface area contributed by atoms with Crippen LogP contribution in [0.5, 0.6) is 0 Å². The van der Waals surface area contributed by atoms with Gasteiger partial charge in [0.15, 0.2) is 0 Å². The molecule has 3 aromatic rings. The van der Waals surface area contributed by atoms with Crippen molar-refractivity contribution in [2.45, 2.75) is 38.1 Å². The van der Waals surface area contributed by atoms with Crippen molar-refractivity contribution in [2.24, 2.45) is 5.92 Å². The van der Waals surface area contributed by atoms with Crippen LogP contribution < -0.4 is 15.5 Å². The monoisotopic (exact) mass is 495 g/mol. The minimum absolute atomic E-state index is 0.0814. The van der Waals surface area contributed by atoms with E-state index in [2.05, 4.69) is 32.6 Å². The number of carbonyl (C=O) groups is 1. The number of anilines is 2. The van der Waals surface area contributed by atoms with E-state index in [0.717, 1.165) is 59.0 Å². The molecule has 168 valence electrons. The Morgan fingerprint density at radius 3 is 2.50 bits per heavy atom. The van der Waals surface area contributed by atoms with Crippen molar-refractivity contribution in [3.63, 3.8) is 0 Å². The molecule has 1 aromatic heterocycles. The molecule has 0 bridgehead atoms. The first-order chi connectivity index (χ1) is 15.5. The van der Waals surface area contributed by atoms with E-state index in [4.69, 9.17) is 9.97 Å². The number of hydrogen-bond donors (Lipinski definition) is 2. The van der Waals surface area contributed by atoms with E-state index in [-0.39, 0.29) is 5.91 Å². The van der Waals surface area contributed by atoms with Crippen LogP contribution in [0.15, 0.2) is 53.0 Å². The van der Waals surface area contributed by atoms with Crippen molar-refractivity contribution >= 4 is 44.5 Å². The highest BCUT2D eigenvalue weighted by molar-refractivity contribution is 9.10. The van der Waals surface area contributed by atoms with Crippen LogP contribution in [0, 0.1) is 5.92 Å². The fraction of sp³-hybridized carbons (Fsp3) is 0.400. The number of hydrogen-bond acceptors (Lipinski definition) is 5. The predicted octanol–water partition coefficient (Wildman–Crippen LogP) is 4.79. The lowest BCUT2D eigenvalue weighted by Crippen LogP contribution is -2.34. The van der Waals surface area contributed by atoms with Crippen LogP contribution in [0.25, 0.3) is 10.9 Å². The number of rotatable bonds is 7. The van der Waals surface area contributed by atoms with Crippen molar-refractivity contribution < 1.29 is 4.79 Å². The second-order valence-corrected chi connectivity index (χ2v) is 9.57. The summed E-state index contributed by atoms with van der Waals surface area (Å²) in [5.74, 6) is 2.22. The highest BCUT2D eigenvalue weighted by Gasteiger charge is 2.23. The summed E-state index contributed by atoms with van der Waals surface area (Å²) >= 11 is 3.51. The average Bonchev–Trinajstić information content (AvgIpc) is 2.79. The lowest BCUT2D eigenvalue weighted by molar-refractivity contribution is -0.120. The van der Waals surface area contributed by atoms with Gasteiger partial charge in [-0.25, -0.2) is 4.98 Å². The van der Waals surface area contributed by atoms with E-state index < -0.39 is 0 Å². The Labute approximate surface area is 198 Å². The minimum atomic E-state index is 0.0814. The van der Waals surface area contributed by atoms with Crippen molar-refractivity contribution in [1.29, 1.82) is 0 Å². The molecular weight excluding hydrogens is 466 g/mol. The van der Waals surface area contributed by atoms with Gasteiger partial charge >= 0.3 is 0 Å². The van der Waals surface area contributed by atoms with Gasteiger partial charge in [-0.2, -0.15) is 4.98 Å². The fourth-order valence-electron chi connectivity index (χ4n) is 4.29. The normalized spacial score (nSPS) is 18.3. The molecule has 0 radical (unpaired) electrons. The van der Waals surface area contributed by atoms with Crippen LogP contribution in [0.3, 0.4) is 0 Å². The first-order valence-corrected chi connectivity index (χ1v) is 12.0. The first kappa shape index (κ1) is 22.5. The number of carbonyl (C=O) groups excluding carboxylic acids is 1. The third-order valence-corrected chi connectivity index (χ3v) is 6.86. The number of fused-ring (bicyclic) bond motifs is 1. The number of amides is 1. The molecule has 0 spiro atoms. The molecule has 1 amide bonds. The van der Waals surface area contributed by atoms with Gasteiger partial charge in [0.2, 0.25) is 11.9 Å². The molecule has 0 saturated heterocycles. The highest BCUT2D eigenvalue weighted by atomic mass is 79.9. The van der Waals surface area contributed by atoms with Crippen LogP contribution in [0.1, 0.15) is 31.2 Å². The van der Waals surface area contributed by atoms with Gasteiger partial charge in [0.25, 0.3) is 0 Å². The van der Waals surface area contributed by atoms with Crippen LogP contribution in [-0.2, 0) is 11.2 Å². The summed E-state index contributed by atoms with van der Waals surface area (Å²) in [4.78, 5) is 23.9. The number of aromatic nitrogens is 2. The number of benzene rings is 2. The van der Waals surface area contributed by atoms with Crippen LogP contribution in [0.2, 0.25) is 0 Å². The molecule has 4 rings (SSSR count). The summed E-state index contributed by atoms with van der Waals surface area (Å²) in [6, 6.07) is 16.4. The summed E-state index contributed by atoms with van der Waals surface area (Å²) in [5.41, 5.74) is 1.97. The molecule has 32 heavy (non-hydrogen) atoms. The fourth-order valence-corrected chi connectivity index (χ4v) is 4.72. The number of para-hydroxylation sites is 1. The van der Waals surface area contributed by atoms with Gasteiger partial charge < -0.3 is 15.5 Å². The van der Waals surface area contributed by atoms with Gasteiger partial charge in [-0.05, 0) is 55.4 Å². The van der Waals surface area contributed by atoms with Crippen molar-refractivity contribution in [1.82, 2.24) is 15.3 Å². The van der Waals surface area contributed by atoms with Gasteiger partial charge in [-0.3, -0.25) is 4.79 Å². The Morgan fingerprint density at radius 1 is 1.03 bits per heavy atom. The SMILES string of the molecule is CN(C)c1nc(NC2CCC(CNC(=O)Cc3ccccc3Br)CC2)nc2ccccc12. The van der Waals surface area contributed by atoms with Gasteiger partial charge in [0.05, 0.1) is 11.9 Å². The smallest absolute Gasteiger partial charge is 0.225 e. The van der Waals surface area contributed by atoms with E-state index in [0.29, 0.717) is 24.3 Å².